The van der Waals surface area contributed by atoms with Crippen molar-refractivity contribution in [2.45, 2.75) is 19.4 Å². The van der Waals surface area contributed by atoms with Crippen LogP contribution in [0.25, 0.3) is 0 Å². The monoisotopic (exact) mass is 254 g/mol. The number of benzene rings is 1. The molecule has 0 fully saturated rings. The van der Waals surface area contributed by atoms with E-state index in [1.807, 2.05) is 19.1 Å². The zero-order valence-electron chi connectivity index (χ0n) is 10.1. The van der Waals surface area contributed by atoms with Gasteiger partial charge in [0.25, 0.3) is 0 Å². The fraction of sp³-hybridized carbons (Fsp3) is 0.417. The molecule has 0 heterocycles. The predicted octanol–water partition coefficient (Wildman–Crippen LogP) is 0.694. The van der Waals surface area contributed by atoms with Gasteiger partial charge in [-0.05, 0) is 24.6 Å². The van der Waals surface area contributed by atoms with Gasteiger partial charge in [0.15, 0.2) is 0 Å². The third-order valence-electron chi connectivity index (χ3n) is 2.24. The molecule has 17 heavy (non-hydrogen) atoms. The lowest BCUT2D eigenvalue weighted by Gasteiger charge is -2.12. The molecule has 4 nitrogen and oxygen atoms in total. The van der Waals surface area contributed by atoms with Gasteiger partial charge < -0.3 is 11.1 Å². The smallest absolute Gasteiger partial charge is 0.224 e. The number of nitrogen functional groups attached to an aromatic ring is 1. The highest BCUT2D eigenvalue weighted by molar-refractivity contribution is 7.84. The van der Waals surface area contributed by atoms with Crippen molar-refractivity contribution in [1.82, 2.24) is 5.32 Å². The summed E-state index contributed by atoms with van der Waals surface area (Å²) < 4.78 is 11.0. The third kappa shape index (κ3) is 5.49. The molecule has 0 aliphatic rings. The molecule has 0 spiro atoms. The fourth-order valence-electron chi connectivity index (χ4n) is 1.54. The Kier molecular flexibility index (Phi) is 5.15. The van der Waals surface area contributed by atoms with E-state index in [0.29, 0.717) is 17.9 Å². The largest absolute Gasteiger partial charge is 0.399 e. The highest BCUT2D eigenvalue weighted by Crippen LogP contribution is 2.06. The average molecular weight is 254 g/mol. The molecule has 3 N–H and O–H groups in total. The first-order valence-electron chi connectivity index (χ1n) is 5.41. The third-order valence-corrected chi connectivity index (χ3v) is 3.21. The molecule has 0 bridgehead atoms. The molecule has 0 aliphatic carbocycles. The second-order valence-electron chi connectivity index (χ2n) is 4.13. The van der Waals surface area contributed by atoms with Gasteiger partial charge in [0.05, 0.1) is 6.42 Å². The number of amides is 1. The van der Waals surface area contributed by atoms with Crippen LogP contribution >= 0.6 is 0 Å². The van der Waals surface area contributed by atoms with Crippen molar-refractivity contribution in [3.8, 4) is 0 Å². The number of hydrogen-bond donors (Lipinski definition) is 2. The summed E-state index contributed by atoms with van der Waals surface area (Å²) in [7, 11) is -0.893. The molecule has 1 aromatic carbocycles. The molecule has 2 atom stereocenters. The molecule has 2 unspecified atom stereocenters. The first-order valence-corrected chi connectivity index (χ1v) is 7.14. The number of anilines is 1. The zero-order chi connectivity index (χ0) is 12.8. The molecule has 0 aliphatic heterocycles. The first-order chi connectivity index (χ1) is 7.97. The Morgan fingerprint density at radius 2 is 2.00 bits per heavy atom. The van der Waals surface area contributed by atoms with Crippen LogP contribution in [0.2, 0.25) is 0 Å². The maximum atomic E-state index is 11.6. The highest BCUT2D eigenvalue weighted by atomic mass is 32.2. The molecule has 1 amide bonds. The van der Waals surface area contributed by atoms with Gasteiger partial charge in [0, 0.05) is 34.5 Å². The van der Waals surface area contributed by atoms with Crippen LogP contribution in [0.1, 0.15) is 12.5 Å². The summed E-state index contributed by atoms with van der Waals surface area (Å²) in [6.07, 6.45) is 1.95. The number of hydrogen-bond acceptors (Lipinski definition) is 3. The van der Waals surface area contributed by atoms with E-state index in [1.165, 1.54) is 0 Å². The maximum Gasteiger partial charge on any atom is 0.224 e. The summed E-state index contributed by atoms with van der Waals surface area (Å²) in [6.45, 7) is 1.85. The molecule has 1 rings (SSSR count). The molecular formula is C12H18N2O2S. The van der Waals surface area contributed by atoms with Crippen molar-refractivity contribution in [2.24, 2.45) is 0 Å². The lowest BCUT2D eigenvalue weighted by atomic mass is 10.1. The van der Waals surface area contributed by atoms with Gasteiger partial charge in [0.2, 0.25) is 5.91 Å². The van der Waals surface area contributed by atoms with E-state index in [4.69, 9.17) is 5.73 Å². The van der Waals surface area contributed by atoms with Crippen molar-refractivity contribution in [1.29, 1.82) is 0 Å². The topological polar surface area (TPSA) is 72.2 Å². The van der Waals surface area contributed by atoms with Crippen LogP contribution < -0.4 is 11.1 Å². The van der Waals surface area contributed by atoms with Gasteiger partial charge in [-0.25, -0.2) is 0 Å². The average Bonchev–Trinajstić information content (AvgIpc) is 2.19. The van der Waals surface area contributed by atoms with Crippen LogP contribution in [-0.4, -0.2) is 28.2 Å². The van der Waals surface area contributed by atoms with Crippen LogP contribution in [0.5, 0.6) is 0 Å². The molecule has 0 saturated carbocycles. The van der Waals surface area contributed by atoms with Crippen molar-refractivity contribution in [2.75, 3.05) is 17.7 Å². The number of carbonyl (C=O) groups excluding carboxylic acids is 1. The Balaban J connectivity index is 2.44. The standard InChI is InChI=1S/C12H18N2O2S/c1-9(8-17(2)16)14-12(15)7-10-3-5-11(13)6-4-10/h3-6,9H,7-8,13H2,1-2H3,(H,14,15). The molecule has 5 heteroatoms. The lowest BCUT2D eigenvalue weighted by Crippen LogP contribution is -2.37. The Labute approximate surface area is 104 Å². The van der Waals surface area contributed by atoms with E-state index in [-0.39, 0.29) is 11.9 Å². The fourth-order valence-corrected chi connectivity index (χ4v) is 2.33. The molecule has 0 aromatic heterocycles. The van der Waals surface area contributed by atoms with Crippen LogP contribution in [0.15, 0.2) is 24.3 Å². The summed E-state index contributed by atoms with van der Waals surface area (Å²) in [6, 6.07) is 7.14. The van der Waals surface area contributed by atoms with Crippen molar-refractivity contribution in [3.05, 3.63) is 29.8 Å². The first kappa shape index (κ1) is 13.7. The number of rotatable bonds is 5. The van der Waals surface area contributed by atoms with E-state index < -0.39 is 10.8 Å². The zero-order valence-corrected chi connectivity index (χ0v) is 10.9. The van der Waals surface area contributed by atoms with Crippen LogP contribution in [0.4, 0.5) is 5.69 Å². The quantitative estimate of drug-likeness (QED) is 0.760. The highest BCUT2D eigenvalue weighted by Gasteiger charge is 2.09. The second kappa shape index (κ2) is 6.39. The Bertz CT molecular complexity index is 403. The normalized spacial score (nSPS) is 14.0. The summed E-state index contributed by atoms with van der Waals surface area (Å²) >= 11 is 0. The second-order valence-corrected chi connectivity index (χ2v) is 5.61. The van der Waals surface area contributed by atoms with E-state index in [0.717, 1.165) is 5.56 Å². The predicted molar refractivity (Wildman–Crippen MR) is 71.1 cm³/mol. The summed E-state index contributed by atoms with van der Waals surface area (Å²) in [5.41, 5.74) is 7.16. The molecule has 0 saturated heterocycles. The number of carbonyl (C=O) groups is 1. The van der Waals surface area contributed by atoms with Crippen molar-refractivity contribution in [3.63, 3.8) is 0 Å². The van der Waals surface area contributed by atoms with Gasteiger partial charge in [-0.2, -0.15) is 0 Å². The molecule has 94 valence electrons. The van der Waals surface area contributed by atoms with Gasteiger partial charge in [-0.3, -0.25) is 9.00 Å². The minimum atomic E-state index is -0.893. The minimum absolute atomic E-state index is 0.0623. The summed E-state index contributed by atoms with van der Waals surface area (Å²) in [5.74, 6) is 0.417. The van der Waals surface area contributed by atoms with Gasteiger partial charge in [-0.15, -0.1) is 0 Å². The summed E-state index contributed by atoms with van der Waals surface area (Å²) in [5, 5.41) is 2.81. The van der Waals surface area contributed by atoms with E-state index in [1.54, 1.807) is 18.4 Å². The molecular weight excluding hydrogens is 236 g/mol. The number of nitrogens with two attached hydrogens (primary N) is 1. The van der Waals surface area contributed by atoms with Crippen molar-refractivity contribution < 1.29 is 9.00 Å². The van der Waals surface area contributed by atoms with Crippen molar-refractivity contribution >= 4 is 22.4 Å². The Hall–Kier alpha value is -1.36. The lowest BCUT2D eigenvalue weighted by molar-refractivity contribution is -0.120. The van der Waals surface area contributed by atoms with Crippen LogP contribution in [0, 0.1) is 0 Å². The van der Waals surface area contributed by atoms with Gasteiger partial charge in [0.1, 0.15) is 0 Å². The maximum absolute atomic E-state index is 11.6. The SMILES string of the molecule is CC(CS(C)=O)NC(=O)Cc1ccc(N)cc1. The van der Waals surface area contributed by atoms with E-state index in [2.05, 4.69) is 5.32 Å². The minimum Gasteiger partial charge on any atom is -0.399 e. The Morgan fingerprint density at radius 3 is 2.53 bits per heavy atom. The molecule has 0 radical (unpaired) electrons. The van der Waals surface area contributed by atoms with Crippen LogP contribution in [-0.2, 0) is 22.0 Å². The van der Waals surface area contributed by atoms with Gasteiger partial charge >= 0.3 is 0 Å². The van der Waals surface area contributed by atoms with E-state index >= 15 is 0 Å². The Morgan fingerprint density at radius 1 is 1.41 bits per heavy atom. The number of nitrogens with one attached hydrogen (secondary N) is 1. The van der Waals surface area contributed by atoms with E-state index in [9.17, 15) is 9.00 Å². The summed E-state index contributed by atoms with van der Waals surface area (Å²) in [4.78, 5) is 11.6. The van der Waals surface area contributed by atoms with Gasteiger partial charge in [-0.1, -0.05) is 12.1 Å². The van der Waals surface area contributed by atoms with Crippen LogP contribution in [0.3, 0.4) is 0 Å². The molecule has 1 aromatic rings.